The van der Waals surface area contributed by atoms with Crippen molar-refractivity contribution in [3.8, 4) is 11.1 Å². The number of nitrogens with zero attached hydrogens (tertiary/aromatic N) is 1. The highest BCUT2D eigenvalue weighted by molar-refractivity contribution is 5.85. The Hall–Kier alpha value is -3.35. The molecule has 2 fully saturated rings. The fraction of sp³-hybridized carbons (Fsp3) is 0.444. The molecule has 2 N–H and O–H groups in total. The van der Waals surface area contributed by atoms with E-state index in [1.165, 1.54) is 16.0 Å². The van der Waals surface area contributed by atoms with Crippen LogP contribution >= 0.6 is 0 Å². The van der Waals surface area contributed by atoms with Gasteiger partial charge >= 0.3 is 12.1 Å². The normalized spacial score (nSPS) is 20.6. The van der Waals surface area contributed by atoms with Gasteiger partial charge < -0.3 is 20.1 Å². The van der Waals surface area contributed by atoms with Crippen LogP contribution < -0.4 is 5.32 Å². The highest BCUT2D eigenvalue weighted by Crippen LogP contribution is 2.44. The molecule has 0 spiro atoms. The highest BCUT2D eigenvalue weighted by Gasteiger charge is 2.42. The summed E-state index contributed by atoms with van der Waals surface area (Å²) in [6.07, 6.45) is 3.97. The van der Waals surface area contributed by atoms with Crippen molar-refractivity contribution in [2.45, 2.75) is 62.4 Å². The quantitative estimate of drug-likeness (QED) is 0.667. The zero-order valence-electron chi connectivity index (χ0n) is 19.2. The number of hydrogen-bond acceptors (Lipinski definition) is 4. The average molecular weight is 463 g/mol. The lowest BCUT2D eigenvalue weighted by Crippen LogP contribution is -2.51. The third-order valence-electron chi connectivity index (χ3n) is 7.62. The van der Waals surface area contributed by atoms with Crippen LogP contribution in [0.2, 0.25) is 0 Å². The zero-order valence-corrected chi connectivity index (χ0v) is 19.2. The van der Waals surface area contributed by atoms with Gasteiger partial charge in [0.2, 0.25) is 5.91 Å². The van der Waals surface area contributed by atoms with Crippen molar-refractivity contribution in [2.24, 2.45) is 0 Å². The fourth-order valence-electron chi connectivity index (χ4n) is 5.96. The van der Waals surface area contributed by atoms with Crippen molar-refractivity contribution >= 4 is 18.0 Å². The first-order valence-corrected chi connectivity index (χ1v) is 12.1. The Morgan fingerprint density at radius 1 is 0.971 bits per heavy atom. The minimum atomic E-state index is -0.962. The van der Waals surface area contributed by atoms with E-state index in [2.05, 4.69) is 29.6 Å². The summed E-state index contributed by atoms with van der Waals surface area (Å²) in [5.74, 6) is -1.19. The van der Waals surface area contributed by atoms with E-state index in [1.807, 2.05) is 24.3 Å². The number of likely N-dealkylation sites (tertiary alicyclic amines) is 1. The maximum Gasteiger partial charge on any atom is 0.407 e. The molecule has 1 aliphatic heterocycles. The van der Waals surface area contributed by atoms with E-state index in [-0.39, 0.29) is 24.9 Å². The van der Waals surface area contributed by atoms with Crippen LogP contribution in [0.1, 0.15) is 62.0 Å². The number of benzene rings is 2. The lowest BCUT2D eigenvalue weighted by Gasteiger charge is -2.32. The number of fused-ring (bicyclic) bond motifs is 3. The summed E-state index contributed by atoms with van der Waals surface area (Å²) in [5, 5.41) is 12.4. The van der Waals surface area contributed by atoms with Crippen LogP contribution in [0.3, 0.4) is 0 Å². The molecule has 34 heavy (non-hydrogen) atoms. The number of hydrogen-bond donors (Lipinski definition) is 2. The highest BCUT2D eigenvalue weighted by atomic mass is 16.5. The van der Waals surface area contributed by atoms with E-state index in [0.29, 0.717) is 32.2 Å². The Labute approximate surface area is 199 Å². The number of carbonyl (C=O) groups excluding carboxylic acids is 2. The summed E-state index contributed by atoms with van der Waals surface area (Å²) in [4.78, 5) is 38.9. The molecule has 0 radical (unpaired) electrons. The largest absolute Gasteiger partial charge is 0.480 e. The van der Waals surface area contributed by atoms with Crippen molar-refractivity contribution in [1.82, 2.24) is 10.2 Å². The minimum absolute atomic E-state index is 0.0276. The molecule has 2 aliphatic carbocycles. The molecule has 2 amide bonds. The van der Waals surface area contributed by atoms with Gasteiger partial charge in [0.15, 0.2) is 0 Å². The summed E-state index contributed by atoms with van der Waals surface area (Å²) < 4.78 is 5.72. The Morgan fingerprint density at radius 2 is 1.59 bits per heavy atom. The molecule has 3 aliphatic rings. The number of carboxylic acid groups (broad SMARTS) is 1. The minimum Gasteiger partial charge on any atom is -0.480 e. The lowest BCUT2D eigenvalue weighted by molar-refractivity contribution is -0.148. The second-order valence-corrected chi connectivity index (χ2v) is 9.70. The first kappa shape index (κ1) is 22.4. The monoisotopic (exact) mass is 462 g/mol. The number of nitrogens with one attached hydrogen (secondary N) is 1. The number of carbonyl (C=O) groups is 3. The van der Waals surface area contributed by atoms with Gasteiger partial charge in [-0.25, -0.2) is 9.59 Å². The molecule has 1 heterocycles. The van der Waals surface area contributed by atoms with Crippen molar-refractivity contribution in [2.75, 3.05) is 13.2 Å². The van der Waals surface area contributed by atoms with Crippen molar-refractivity contribution < 1.29 is 24.2 Å². The van der Waals surface area contributed by atoms with Gasteiger partial charge in [-0.15, -0.1) is 0 Å². The van der Waals surface area contributed by atoms with Gasteiger partial charge in [0.25, 0.3) is 0 Å². The topological polar surface area (TPSA) is 95.9 Å². The number of rotatable bonds is 6. The maximum absolute atomic E-state index is 13.0. The van der Waals surface area contributed by atoms with Gasteiger partial charge in [0, 0.05) is 12.5 Å². The Kier molecular flexibility index (Phi) is 6.02. The lowest BCUT2D eigenvalue weighted by atomic mass is 9.92. The molecule has 1 saturated heterocycles. The number of alkyl carbamates (subject to hydrolysis) is 1. The van der Waals surface area contributed by atoms with Crippen molar-refractivity contribution in [1.29, 1.82) is 0 Å². The molecule has 5 rings (SSSR count). The Bertz CT molecular complexity index is 1060. The zero-order chi connectivity index (χ0) is 23.7. The molecule has 1 atom stereocenters. The molecular formula is C27H30N2O5. The average Bonchev–Trinajstić information content (AvgIpc) is 3.56. The van der Waals surface area contributed by atoms with E-state index in [0.717, 1.165) is 24.0 Å². The summed E-state index contributed by atoms with van der Waals surface area (Å²) in [5.41, 5.74) is 3.96. The summed E-state index contributed by atoms with van der Waals surface area (Å²) in [6, 6.07) is 15.6. The number of aliphatic carboxylic acids is 1. The van der Waals surface area contributed by atoms with Crippen LogP contribution in [-0.2, 0) is 14.3 Å². The van der Waals surface area contributed by atoms with Crippen LogP contribution in [0.5, 0.6) is 0 Å². The van der Waals surface area contributed by atoms with Gasteiger partial charge in [0.1, 0.15) is 12.6 Å². The van der Waals surface area contributed by atoms with Gasteiger partial charge in [0.05, 0.1) is 12.0 Å². The standard InChI is InChI=1S/C27H30N2O5/c30-24(29-15-7-12-23(29)25(31)32)16-27(13-5-6-14-27)28-26(33)34-17-22-20-10-3-1-8-18(20)19-9-2-4-11-21(19)22/h1-4,8-11,22-23H,5-7,12-17H2,(H,28,33)(H,31,32)/t23-/m1/s1. The summed E-state index contributed by atoms with van der Waals surface area (Å²) >= 11 is 0. The maximum atomic E-state index is 13.0. The summed E-state index contributed by atoms with van der Waals surface area (Å²) in [7, 11) is 0. The fourth-order valence-corrected chi connectivity index (χ4v) is 5.96. The van der Waals surface area contributed by atoms with Gasteiger partial charge in [-0.2, -0.15) is 0 Å². The molecule has 2 aromatic rings. The van der Waals surface area contributed by atoms with Gasteiger partial charge in [-0.3, -0.25) is 4.79 Å². The predicted molar refractivity (Wildman–Crippen MR) is 126 cm³/mol. The number of ether oxygens (including phenoxy) is 1. The van der Waals surface area contributed by atoms with Crippen LogP contribution in [0, 0.1) is 0 Å². The number of amides is 2. The molecule has 1 saturated carbocycles. The van der Waals surface area contributed by atoms with Crippen LogP contribution in [0.15, 0.2) is 48.5 Å². The second kappa shape index (κ2) is 9.12. The second-order valence-electron chi connectivity index (χ2n) is 9.70. The number of carboxylic acids is 1. The van der Waals surface area contributed by atoms with Crippen LogP contribution in [0.25, 0.3) is 11.1 Å². The van der Waals surface area contributed by atoms with E-state index in [4.69, 9.17) is 4.74 Å². The first-order valence-electron chi connectivity index (χ1n) is 12.1. The Morgan fingerprint density at radius 3 is 2.21 bits per heavy atom. The SMILES string of the molecule is O=C(NC1(CC(=O)N2CCC[C@@H]2C(=O)O)CCCC1)OCC1c2ccccc2-c2ccccc21. The van der Waals surface area contributed by atoms with Crippen LogP contribution in [0.4, 0.5) is 4.79 Å². The van der Waals surface area contributed by atoms with Crippen LogP contribution in [-0.4, -0.2) is 52.7 Å². The van der Waals surface area contributed by atoms with Crippen molar-refractivity contribution in [3.63, 3.8) is 0 Å². The van der Waals surface area contributed by atoms with E-state index >= 15 is 0 Å². The molecule has 0 unspecified atom stereocenters. The molecule has 0 bridgehead atoms. The van der Waals surface area contributed by atoms with E-state index in [9.17, 15) is 19.5 Å². The molecular weight excluding hydrogens is 432 g/mol. The molecule has 7 nitrogen and oxygen atoms in total. The predicted octanol–water partition coefficient (Wildman–Crippen LogP) is 4.30. The van der Waals surface area contributed by atoms with Crippen molar-refractivity contribution in [3.05, 3.63) is 59.7 Å². The first-order chi connectivity index (χ1) is 16.5. The summed E-state index contributed by atoms with van der Waals surface area (Å²) in [6.45, 7) is 0.675. The molecule has 178 valence electrons. The molecule has 2 aromatic carbocycles. The third kappa shape index (κ3) is 4.15. The smallest absolute Gasteiger partial charge is 0.407 e. The third-order valence-corrected chi connectivity index (χ3v) is 7.62. The van der Waals surface area contributed by atoms with E-state index < -0.39 is 23.6 Å². The Balaban J connectivity index is 1.25. The molecule has 7 heteroatoms. The molecule has 0 aromatic heterocycles. The van der Waals surface area contributed by atoms with E-state index in [1.54, 1.807) is 0 Å². The van der Waals surface area contributed by atoms with Gasteiger partial charge in [-0.1, -0.05) is 61.4 Å². The van der Waals surface area contributed by atoms with Gasteiger partial charge in [-0.05, 0) is 47.9 Å².